The van der Waals surface area contributed by atoms with Gasteiger partial charge < -0.3 is 30.7 Å². The molecule has 4 N–H and O–H groups in total. The predicted molar refractivity (Wildman–Crippen MR) is 177 cm³/mol. The van der Waals surface area contributed by atoms with Crippen molar-refractivity contribution in [3.05, 3.63) is 29.8 Å². The van der Waals surface area contributed by atoms with Crippen LogP contribution >= 0.6 is 0 Å². The van der Waals surface area contributed by atoms with Crippen molar-refractivity contribution in [1.29, 1.82) is 0 Å². The number of hydrogen-bond donors (Lipinski definition) is 3. The third kappa shape index (κ3) is 15.7. The summed E-state index contributed by atoms with van der Waals surface area (Å²) in [6, 6.07) is 6.23. The first-order chi connectivity index (χ1) is 22.1. The average Bonchev–Trinajstić information content (AvgIpc) is 3.05. The normalized spacial score (nSPS) is 15.3. The Morgan fingerprint density at radius 3 is 2.28 bits per heavy atom. The Labute approximate surface area is 274 Å². The molecule has 0 radical (unpaired) electrons. The molecule has 1 aliphatic heterocycles. The summed E-state index contributed by atoms with van der Waals surface area (Å²) in [7, 11) is 0. The van der Waals surface area contributed by atoms with E-state index in [0.717, 1.165) is 57.3 Å². The first-order valence-electron chi connectivity index (χ1n) is 17.1. The van der Waals surface area contributed by atoms with E-state index in [4.69, 9.17) is 15.2 Å². The SMILES string of the molecule is CCCCCC(=O)NC(Cc1ccc(OCOC(=O)CCCCN2CCCCC2)cc1)C(=O)CC(C(=O)NCC(N)=O)C(C)CC. The molecule has 258 valence electrons. The molecule has 3 atom stereocenters. The Balaban J connectivity index is 1.92. The maximum atomic E-state index is 13.6. The van der Waals surface area contributed by atoms with Gasteiger partial charge in [-0.15, -0.1) is 0 Å². The summed E-state index contributed by atoms with van der Waals surface area (Å²) in [6.07, 6.45) is 9.69. The Bertz CT molecular complexity index is 1090. The molecule has 3 amide bonds. The number of benzene rings is 1. The zero-order valence-electron chi connectivity index (χ0n) is 28.2. The van der Waals surface area contributed by atoms with Crippen LogP contribution in [0.5, 0.6) is 5.75 Å². The molecule has 2 rings (SSSR count). The number of amides is 3. The maximum absolute atomic E-state index is 13.6. The summed E-state index contributed by atoms with van der Waals surface area (Å²) < 4.78 is 10.8. The Kier molecular flexibility index (Phi) is 18.6. The van der Waals surface area contributed by atoms with Gasteiger partial charge in [0.1, 0.15) is 5.75 Å². The fourth-order valence-electron chi connectivity index (χ4n) is 5.53. The lowest BCUT2D eigenvalue weighted by molar-refractivity contribution is -0.150. The first-order valence-corrected chi connectivity index (χ1v) is 17.1. The van der Waals surface area contributed by atoms with E-state index in [0.29, 0.717) is 25.0 Å². The second kappa shape index (κ2) is 22.1. The molecule has 1 aromatic carbocycles. The van der Waals surface area contributed by atoms with Gasteiger partial charge in [-0.2, -0.15) is 0 Å². The van der Waals surface area contributed by atoms with Gasteiger partial charge in [-0.3, -0.25) is 24.0 Å². The molecule has 1 heterocycles. The van der Waals surface area contributed by atoms with Crippen LogP contribution in [0.3, 0.4) is 0 Å². The number of carbonyl (C=O) groups excluding carboxylic acids is 5. The predicted octanol–water partition coefficient (Wildman–Crippen LogP) is 4.05. The first kappa shape index (κ1) is 38.7. The number of unbranched alkanes of at least 4 members (excludes halogenated alkanes) is 3. The largest absolute Gasteiger partial charge is 0.457 e. The lowest BCUT2D eigenvalue weighted by Crippen LogP contribution is -2.45. The van der Waals surface area contributed by atoms with Gasteiger partial charge in [0.2, 0.25) is 24.5 Å². The van der Waals surface area contributed by atoms with Crippen molar-refractivity contribution in [3.8, 4) is 5.75 Å². The number of Topliss-reactive ketones (excluding diaryl/α,β-unsaturated/α-hetero) is 1. The number of nitrogens with two attached hydrogens (primary N) is 1. The van der Waals surface area contributed by atoms with Crippen LogP contribution in [0.4, 0.5) is 0 Å². The van der Waals surface area contributed by atoms with E-state index >= 15 is 0 Å². The minimum absolute atomic E-state index is 0.0790. The van der Waals surface area contributed by atoms with Gasteiger partial charge in [-0.05, 0) is 81.8 Å². The number of primary amides is 1. The van der Waals surface area contributed by atoms with Gasteiger partial charge >= 0.3 is 5.97 Å². The molecule has 1 aliphatic rings. The Morgan fingerprint density at radius 2 is 1.63 bits per heavy atom. The summed E-state index contributed by atoms with van der Waals surface area (Å²) in [4.78, 5) is 64.9. The number of ketones is 1. The molecule has 0 bridgehead atoms. The molecule has 11 nitrogen and oxygen atoms in total. The highest BCUT2D eigenvalue weighted by Gasteiger charge is 2.31. The van der Waals surface area contributed by atoms with E-state index in [1.807, 2.05) is 13.8 Å². The average molecular weight is 645 g/mol. The second-order valence-corrected chi connectivity index (χ2v) is 12.4. The molecule has 46 heavy (non-hydrogen) atoms. The highest BCUT2D eigenvalue weighted by Crippen LogP contribution is 2.22. The van der Waals surface area contributed by atoms with Crippen molar-refractivity contribution in [3.63, 3.8) is 0 Å². The summed E-state index contributed by atoms with van der Waals surface area (Å²) in [5, 5.41) is 5.41. The van der Waals surface area contributed by atoms with E-state index in [1.165, 1.54) is 19.3 Å². The number of carbonyl (C=O) groups is 5. The van der Waals surface area contributed by atoms with Crippen LogP contribution in [0, 0.1) is 11.8 Å². The zero-order chi connectivity index (χ0) is 33.7. The monoisotopic (exact) mass is 644 g/mol. The summed E-state index contributed by atoms with van der Waals surface area (Å²) >= 11 is 0. The van der Waals surface area contributed by atoms with E-state index in [9.17, 15) is 24.0 Å². The van der Waals surface area contributed by atoms with Crippen LogP contribution in [0.1, 0.15) is 103 Å². The maximum Gasteiger partial charge on any atom is 0.308 e. The van der Waals surface area contributed by atoms with Crippen molar-refractivity contribution in [1.82, 2.24) is 15.5 Å². The van der Waals surface area contributed by atoms with Gasteiger partial charge in [-0.25, -0.2) is 0 Å². The highest BCUT2D eigenvalue weighted by atomic mass is 16.7. The standard InChI is InChI=1S/C35H56N4O7/c1-4-6-8-13-33(42)38-30(31(40)23-29(26(3)5-2)35(44)37-24-32(36)41)22-27-15-17-28(18-16-27)45-25-46-34(43)14-9-12-21-39-19-10-7-11-20-39/h15-18,26,29-30H,4-14,19-25H2,1-3H3,(H2,36,41)(H,37,44)(H,38,42). The molecular formula is C35H56N4O7. The van der Waals surface area contributed by atoms with Crippen LogP contribution in [0.15, 0.2) is 24.3 Å². The van der Waals surface area contributed by atoms with Crippen molar-refractivity contribution >= 4 is 29.5 Å². The van der Waals surface area contributed by atoms with Gasteiger partial charge in [0, 0.05) is 25.2 Å². The summed E-state index contributed by atoms with van der Waals surface area (Å²) in [6.45, 7) is 8.70. The summed E-state index contributed by atoms with van der Waals surface area (Å²) in [5.74, 6) is -2.10. The van der Waals surface area contributed by atoms with Gasteiger partial charge in [-0.1, -0.05) is 58.6 Å². The molecule has 11 heteroatoms. The lowest BCUT2D eigenvalue weighted by Gasteiger charge is -2.26. The number of nitrogens with zero attached hydrogens (tertiary/aromatic N) is 1. The number of hydrogen-bond acceptors (Lipinski definition) is 8. The van der Waals surface area contributed by atoms with Crippen molar-refractivity contribution in [2.24, 2.45) is 17.6 Å². The van der Waals surface area contributed by atoms with Gasteiger partial charge in [0.05, 0.1) is 12.6 Å². The topological polar surface area (TPSA) is 157 Å². The Morgan fingerprint density at radius 1 is 0.935 bits per heavy atom. The van der Waals surface area contributed by atoms with Crippen LogP contribution < -0.4 is 21.1 Å². The molecule has 3 unspecified atom stereocenters. The smallest absolute Gasteiger partial charge is 0.308 e. The molecule has 1 fully saturated rings. The number of piperidine rings is 1. The van der Waals surface area contributed by atoms with Crippen LogP contribution in [0.2, 0.25) is 0 Å². The summed E-state index contributed by atoms with van der Waals surface area (Å²) in [5.41, 5.74) is 5.98. The van der Waals surface area contributed by atoms with Crippen LogP contribution in [-0.4, -0.2) is 73.4 Å². The van der Waals surface area contributed by atoms with Gasteiger partial charge in [0.15, 0.2) is 5.78 Å². The third-order valence-electron chi connectivity index (χ3n) is 8.62. The molecule has 0 aliphatic carbocycles. The van der Waals surface area contributed by atoms with Crippen molar-refractivity contribution in [2.75, 3.05) is 33.0 Å². The minimum Gasteiger partial charge on any atom is -0.457 e. The van der Waals surface area contributed by atoms with E-state index in [1.54, 1.807) is 24.3 Å². The molecular weight excluding hydrogens is 588 g/mol. The van der Waals surface area contributed by atoms with Crippen molar-refractivity contribution < 1.29 is 33.4 Å². The number of rotatable bonds is 23. The zero-order valence-corrected chi connectivity index (χ0v) is 28.2. The highest BCUT2D eigenvalue weighted by molar-refractivity contribution is 5.93. The van der Waals surface area contributed by atoms with E-state index < -0.39 is 23.8 Å². The fraction of sp³-hybridized carbons (Fsp3) is 0.686. The number of ether oxygens (including phenoxy) is 2. The second-order valence-electron chi connectivity index (χ2n) is 12.4. The number of nitrogens with one attached hydrogen (secondary N) is 2. The van der Waals surface area contributed by atoms with E-state index in [-0.39, 0.29) is 49.8 Å². The lowest BCUT2D eigenvalue weighted by atomic mass is 9.84. The number of likely N-dealkylation sites (tertiary alicyclic amines) is 1. The minimum atomic E-state index is -0.827. The van der Waals surface area contributed by atoms with Crippen LogP contribution in [-0.2, 0) is 35.1 Å². The number of esters is 1. The van der Waals surface area contributed by atoms with Gasteiger partial charge in [0.25, 0.3) is 0 Å². The molecule has 1 aromatic rings. The molecule has 0 saturated carbocycles. The molecule has 0 spiro atoms. The molecule has 0 aromatic heterocycles. The van der Waals surface area contributed by atoms with E-state index in [2.05, 4.69) is 22.5 Å². The fourth-order valence-corrected chi connectivity index (χ4v) is 5.53. The van der Waals surface area contributed by atoms with Crippen molar-refractivity contribution in [2.45, 2.75) is 110 Å². The third-order valence-corrected chi connectivity index (χ3v) is 8.62. The quantitative estimate of drug-likeness (QED) is 0.0915. The molecule has 1 saturated heterocycles. The Hall–Kier alpha value is -3.47. The van der Waals surface area contributed by atoms with Crippen LogP contribution in [0.25, 0.3) is 0 Å².